The number of aliphatic hydroxyl groups is 1. The zero-order valence-corrected chi connectivity index (χ0v) is 50.5. The van der Waals surface area contributed by atoms with Crippen molar-refractivity contribution in [3.63, 3.8) is 0 Å². The van der Waals surface area contributed by atoms with Gasteiger partial charge in [-0.3, -0.25) is 9.69 Å². The number of esters is 2. The number of hydrogen-bond donors (Lipinski definition) is 2. The Bertz CT molecular complexity index is 3480. The topological polar surface area (TPSA) is 105 Å². The highest BCUT2D eigenvalue weighted by Crippen LogP contribution is 2.89. The van der Waals surface area contributed by atoms with Gasteiger partial charge in [-0.05, 0) is 221 Å². The van der Waals surface area contributed by atoms with Crippen molar-refractivity contribution in [2.45, 2.75) is 204 Å². The number of benzene rings is 1. The summed E-state index contributed by atoms with van der Waals surface area (Å²) in [6.07, 6.45) is 48.2. The van der Waals surface area contributed by atoms with Crippen molar-refractivity contribution in [2.24, 2.45) is 121 Å². The molecule has 3 saturated heterocycles. The number of carbonyl (C=O) groups excluding carboxylic acids is 2. The summed E-state index contributed by atoms with van der Waals surface area (Å²) in [6.45, 7) is 2.69. The van der Waals surface area contributed by atoms with Crippen molar-refractivity contribution < 1.29 is 24.2 Å². The molecule has 8 nitrogen and oxygen atoms in total. The molecule has 1 aromatic rings. The Morgan fingerprint density at radius 1 is 0.824 bits per heavy atom. The Hall–Kier alpha value is -4.32. The fourth-order valence-corrected chi connectivity index (χ4v) is 30.1. The number of aryl methyl sites for hydroxylation is 1. The molecule has 14 aliphatic carbocycles. The van der Waals surface area contributed by atoms with Crippen LogP contribution in [0.2, 0.25) is 0 Å². The number of carbonyl (C=O) groups is 2. The summed E-state index contributed by atoms with van der Waals surface area (Å²) >= 11 is 0. The van der Waals surface area contributed by atoms with Gasteiger partial charge in [-0.15, -0.1) is 5.92 Å². The standard InChI is InChI=1S/C77H91N3O5/c78-33-10-16-44-14-7-20-56-63(44)69(82)85-77(56)61-37-45(43-12-2-1-3-13-43)22-23-52-51-19-6-15-47-34-48-35-54-46-24-31-72-42-80-58-21-8-17-50-18-9-28-73(50)29-11-30-74(73)40-49(39-71(74)26-4-5-27-71)59(80)38-60(81)68-75(77)32-25-53(65(52)76(61,75)70(83)84-68)64(62(47)51)66(48)79(67(54)72)41-55(58)57(72)36-46/h6-7,14,19-20,22-24,31,43,45-47,49-52,54-55,57-59,61-62,64,67,81H,1-5,9-13,15-16,18,21,25-30,32-42,78H2/b23-22-,68-60-/t45-,46+,47+,49-,50-,51-,52-,54+,55+,57-,58+,59+,61-,62+,64-,67-,72+,73-,74-,75+,76+,77+/m0/s1. The Morgan fingerprint density at radius 2 is 1.72 bits per heavy atom. The summed E-state index contributed by atoms with van der Waals surface area (Å²) in [5.74, 6) is 14.1. The second-order valence-electron chi connectivity index (χ2n) is 33.5. The molecule has 1 aromatic carbocycles. The van der Waals surface area contributed by atoms with Gasteiger partial charge in [0.15, 0.2) is 11.4 Å². The number of piperidine rings is 2. The van der Waals surface area contributed by atoms with E-state index in [1.165, 1.54) is 134 Å². The number of fused-ring (bicyclic) bond motifs is 8. The van der Waals surface area contributed by atoms with Crippen LogP contribution in [-0.2, 0) is 26.3 Å². The maximum atomic E-state index is 17.2. The Labute approximate surface area is 504 Å². The second-order valence-corrected chi connectivity index (χ2v) is 33.5. The number of nitrogens with zero attached hydrogens (tertiary/aromatic N) is 2. The van der Waals surface area contributed by atoms with E-state index in [1.54, 1.807) is 16.8 Å². The molecule has 21 aliphatic rings. The summed E-state index contributed by atoms with van der Waals surface area (Å²) in [5.41, 5.74) is 12.8. The molecule has 444 valence electrons. The second kappa shape index (κ2) is 16.7. The SMILES string of the molecule is NCCCc1cccc2c1C(=O)O[C@@]21[C@H]2C[C@@H](C3CCCCC3)/C=C\[C@@H]3C4=C5CC[C@]16/C(=C(/O)C[C@@H]1[C@H]7CC8(CCCC8)[C@]8(CCC[C@]89CCC[C@@H]9C#CC[C@@H]8[C@@H]9CN%10C%11=C(C[C@H]%12CC=C[C@@H]3[C@@H]%12[C@H]5%11)C[C@@H]3[C@@H]5C=C[C@](CN18)([C@H]3%10)[C@H]9C5)C7)OC(=O)[C@]426. The molecule has 0 unspecified atom stereocenters. The van der Waals surface area contributed by atoms with Crippen molar-refractivity contribution in [1.82, 2.24) is 9.80 Å². The van der Waals surface area contributed by atoms with Crippen LogP contribution in [0.5, 0.6) is 0 Å². The molecule has 0 radical (unpaired) electrons. The lowest BCUT2D eigenvalue weighted by atomic mass is 9.27. The number of hydrogen-bond acceptors (Lipinski definition) is 8. The lowest BCUT2D eigenvalue weighted by molar-refractivity contribution is -0.283. The molecule has 0 amide bonds. The molecular weight excluding hydrogens is 1050 g/mol. The molecule has 0 aromatic heterocycles. The van der Waals surface area contributed by atoms with E-state index in [0.717, 1.165) is 56.3 Å². The minimum absolute atomic E-state index is 0.0199. The smallest absolute Gasteiger partial charge is 0.339 e. The average molecular weight is 1140 g/mol. The van der Waals surface area contributed by atoms with E-state index in [-0.39, 0.29) is 69.9 Å². The minimum atomic E-state index is -1.19. The van der Waals surface area contributed by atoms with Gasteiger partial charge in [0.25, 0.3) is 0 Å². The molecule has 10 fully saturated rings. The first kappa shape index (κ1) is 50.5. The molecule has 7 aliphatic heterocycles. The molecule has 3 N–H and O–H groups in total. The number of nitrogens with two attached hydrogens (primary N) is 1. The predicted octanol–water partition coefficient (Wildman–Crippen LogP) is 14.1. The van der Waals surface area contributed by atoms with Crippen molar-refractivity contribution in [3.8, 4) is 11.8 Å². The Kier molecular flexibility index (Phi) is 9.95. The molecule has 12 bridgehead atoms. The van der Waals surface area contributed by atoms with Gasteiger partial charge in [0.2, 0.25) is 0 Å². The van der Waals surface area contributed by atoms with Crippen LogP contribution in [0.4, 0.5) is 0 Å². The fraction of sp³-hybridized carbons (Fsp3) is 0.714. The molecule has 7 spiro atoms. The monoisotopic (exact) mass is 1140 g/mol. The summed E-state index contributed by atoms with van der Waals surface area (Å²) in [5, 5.41) is 14.6. The molecule has 85 heavy (non-hydrogen) atoms. The first-order chi connectivity index (χ1) is 41.7. The lowest BCUT2D eigenvalue weighted by Gasteiger charge is -2.75. The lowest BCUT2D eigenvalue weighted by Crippen LogP contribution is -2.79. The number of aliphatic hydroxyl groups excluding tert-OH is 1. The molecule has 22 rings (SSSR count). The molecule has 7 heterocycles. The minimum Gasteiger partial charge on any atom is -0.509 e. The quantitative estimate of drug-likeness (QED) is 0.175. The molecule has 7 saturated carbocycles. The third kappa shape index (κ3) is 5.46. The maximum Gasteiger partial charge on any atom is 0.339 e. The maximum absolute atomic E-state index is 17.2. The normalized spacial score (nSPS) is 52.4. The van der Waals surface area contributed by atoms with Crippen molar-refractivity contribution in [2.75, 3.05) is 19.6 Å². The average Bonchev–Trinajstić information content (AvgIpc) is 1.52. The van der Waals surface area contributed by atoms with Gasteiger partial charge >= 0.3 is 11.9 Å². The highest BCUT2D eigenvalue weighted by Gasteiger charge is 2.94. The third-order valence-corrected chi connectivity index (χ3v) is 32.0. The number of rotatable bonds is 4. The van der Waals surface area contributed by atoms with Crippen molar-refractivity contribution >= 4 is 11.9 Å². The van der Waals surface area contributed by atoms with Gasteiger partial charge in [-0.1, -0.05) is 111 Å². The first-order valence-electron chi connectivity index (χ1n) is 35.9. The zero-order valence-electron chi connectivity index (χ0n) is 50.5. The summed E-state index contributed by atoms with van der Waals surface area (Å²) in [7, 11) is 0. The van der Waals surface area contributed by atoms with E-state index in [9.17, 15) is 5.11 Å². The van der Waals surface area contributed by atoms with Crippen molar-refractivity contribution in [1.29, 1.82) is 0 Å². The number of allylic oxidation sites excluding steroid dienone is 7. The van der Waals surface area contributed by atoms with E-state index >= 15 is 9.59 Å². The fourth-order valence-electron chi connectivity index (χ4n) is 30.1. The molecular formula is C77H91N3O5. The van der Waals surface area contributed by atoms with Crippen LogP contribution in [0, 0.1) is 127 Å². The first-order valence-corrected chi connectivity index (χ1v) is 35.9. The van der Waals surface area contributed by atoms with Crippen LogP contribution in [0.3, 0.4) is 0 Å². The van der Waals surface area contributed by atoms with Crippen LogP contribution in [0.25, 0.3) is 0 Å². The van der Waals surface area contributed by atoms with Gasteiger partial charge < -0.3 is 25.2 Å². The predicted molar refractivity (Wildman–Crippen MR) is 324 cm³/mol. The molecule has 8 heteroatoms. The van der Waals surface area contributed by atoms with Crippen LogP contribution < -0.4 is 5.73 Å². The van der Waals surface area contributed by atoms with E-state index in [0.29, 0.717) is 108 Å². The van der Waals surface area contributed by atoms with Crippen LogP contribution in [0.15, 0.2) is 88.6 Å². The van der Waals surface area contributed by atoms with Crippen LogP contribution >= 0.6 is 0 Å². The van der Waals surface area contributed by atoms with Crippen molar-refractivity contribution in [3.05, 3.63) is 105 Å². The van der Waals surface area contributed by atoms with Gasteiger partial charge in [-0.2, -0.15) is 0 Å². The van der Waals surface area contributed by atoms with Crippen LogP contribution in [-0.4, -0.2) is 64.6 Å². The van der Waals surface area contributed by atoms with Gasteiger partial charge in [0.05, 0.1) is 11.0 Å². The zero-order chi connectivity index (χ0) is 55.9. The van der Waals surface area contributed by atoms with Gasteiger partial charge in [0.1, 0.15) is 11.2 Å². The van der Waals surface area contributed by atoms with E-state index in [2.05, 4.69) is 76.3 Å². The largest absolute Gasteiger partial charge is 0.509 e. The van der Waals surface area contributed by atoms with Gasteiger partial charge in [0, 0.05) is 84.4 Å². The summed E-state index contributed by atoms with van der Waals surface area (Å²) in [4.78, 5) is 39.3. The van der Waals surface area contributed by atoms with Crippen LogP contribution in [0.1, 0.15) is 195 Å². The van der Waals surface area contributed by atoms with Gasteiger partial charge in [-0.25, -0.2) is 4.79 Å². The Balaban J connectivity index is 0.863. The highest BCUT2D eigenvalue weighted by molar-refractivity contribution is 6.00. The summed E-state index contributed by atoms with van der Waals surface area (Å²) < 4.78 is 15.2. The highest BCUT2D eigenvalue weighted by atomic mass is 16.6. The van der Waals surface area contributed by atoms with E-state index in [4.69, 9.17) is 15.2 Å². The Morgan fingerprint density at radius 3 is 2.61 bits per heavy atom. The van der Waals surface area contributed by atoms with E-state index in [1.807, 2.05) is 0 Å². The molecule has 22 atom stereocenters. The van der Waals surface area contributed by atoms with E-state index < -0.39 is 16.4 Å². The third-order valence-electron chi connectivity index (χ3n) is 32.0. The summed E-state index contributed by atoms with van der Waals surface area (Å²) in [6, 6.07) is 7.36. The number of ether oxygens (including phenoxy) is 2.